The van der Waals surface area contributed by atoms with Gasteiger partial charge in [0.25, 0.3) is 0 Å². The summed E-state index contributed by atoms with van der Waals surface area (Å²) in [7, 11) is -4.60. The Morgan fingerprint density at radius 1 is 1.04 bits per heavy atom. The molecule has 0 atom stereocenters. The summed E-state index contributed by atoms with van der Waals surface area (Å²) in [5, 5.41) is 6.27. The third-order valence-corrected chi connectivity index (χ3v) is 5.98. The molecule has 0 aliphatic heterocycles. The highest BCUT2D eigenvalue weighted by molar-refractivity contribution is 7.91. The minimum absolute atomic E-state index is 0.0818. The monoisotopic (exact) mass is 388 g/mol. The number of nitrogens with one attached hydrogen (secondary N) is 2. The lowest BCUT2D eigenvalue weighted by Gasteiger charge is -2.16. The summed E-state index contributed by atoms with van der Waals surface area (Å²) < 4.78 is 47.7. The number of sulfone groups is 1. The first-order chi connectivity index (χ1) is 12.4. The maximum atomic E-state index is 12.5. The zero-order valence-electron chi connectivity index (χ0n) is 14.7. The highest BCUT2D eigenvalue weighted by atomic mass is 32.2. The second-order valence-electron chi connectivity index (χ2n) is 6.62. The molecule has 146 valence electrons. The van der Waals surface area contributed by atoms with E-state index in [-0.39, 0.29) is 12.3 Å². The van der Waals surface area contributed by atoms with Gasteiger partial charge in [0.1, 0.15) is 0 Å². The van der Waals surface area contributed by atoms with Crippen LogP contribution in [-0.4, -0.2) is 39.2 Å². The van der Waals surface area contributed by atoms with E-state index >= 15 is 0 Å². The van der Waals surface area contributed by atoms with Crippen molar-refractivity contribution in [2.75, 3.05) is 13.1 Å². The minimum Gasteiger partial charge on any atom is -0.355 e. The van der Waals surface area contributed by atoms with Gasteiger partial charge in [-0.15, -0.1) is 0 Å². The third-order valence-electron chi connectivity index (χ3n) is 4.59. The zero-order valence-corrected chi connectivity index (χ0v) is 15.5. The van der Waals surface area contributed by atoms with E-state index in [0.717, 1.165) is 12.1 Å². The first-order valence-electron chi connectivity index (χ1n) is 9.00. The summed E-state index contributed by atoms with van der Waals surface area (Å²) >= 11 is 0. The van der Waals surface area contributed by atoms with E-state index in [2.05, 4.69) is 10.6 Å². The molecule has 2 rings (SSSR count). The number of rotatable bonds is 8. The predicted octanol–water partition coefficient (Wildman–Crippen LogP) is 2.65. The van der Waals surface area contributed by atoms with Gasteiger partial charge in [-0.1, -0.05) is 37.8 Å². The molecule has 1 aromatic carbocycles. The van der Waals surface area contributed by atoms with Crippen molar-refractivity contribution in [1.29, 1.82) is 0 Å². The van der Waals surface area contributed by atoms with Gasteiger partial charge in [0, 0.05) is 19.1 Å². The molecule has 1 fully saturated rings. The SMILES string of the molecule is O=C(Cc1ccc(S(=O)(=O)C(F)F)cc1)NCCNC1CCCCCC1. The first-order valence-corrected chi connectivity index (χ1v) is 10.6. The topological polar surface area (TPSA) is 75.3 Å². The van der Waals surface area contributed by atoms with Gasteiger partial charge in [-0.05, 0) is 30.5 Å². The van der Waals surface area contributed by atoms with E-state index in [9.17, 15) is 22.0 Å². The molecule has 1 saturated carbocycles. The summed E-state index contributed by atoms with van der Waals surface area (Å²) in [6, 6.07) is 5.52. The van der Waals surface area contributed by atoms with Gasteiger partial charge in [-0.3, -0.25) is 4.79 Å². The van der Waals surface area contributed by atoms with Gasteiger partial charge in [0.15, 0.2) is 0 Å². The second-order valence-corrected chi connectivity index (χ2v) is 8.54. The number of benzene rings is 1. The Morgan fingerprint density at radius 2 is 1.65 bits per heavy atom. The minimum atomic E-state index is -4.60. The average molecular weight is 388 g/mol. The number of carbonyl (C=O) groups is 1. The fourth-order valence-electron chi connectivity index (χ4n) is 3.11. The van der Waals surface area contributed by atoms with Crippen LogP contribution in [0.5, 0.6) is 0 Å². The number of hydrogen-bond donors (Lipinski definition) is 2. The fourth-order valence-corrected chi connectivity index (χ4v) is 3.83. The van der Waals surface area contributed by atoms with E-state index in [1.165, 1.54) is 50.7 Å². The number of alkyl halides is 2. The first kappa shape index (κ1) is 20.8. The molecule has 0 radical (unpaired) electrons. The van der Waals surface area contributed by atoms with Crippen molar-refractivity contribution in [1.82, 2.24) is 10.6 Å². The van der Waals surface area contributed by atoms with Gasteiger partial charge in [-0.25, -0.2) is 8.42 Å². The lowest BCUT2D eigenvalue weighted by atomic mass is 10.1. The standard InChI is InChI=1S/C18H26F2N2O3S/c19-18(20)26(24,25)16-9-7-14(8-10-16)13-17(23)22-12-11-21-15-5-3-1-2-4-6-15/h7-10,15,18,21H,1-6,11-13H2,(H,22,23). The van der Waals surface area contributed by atoms with Crippen LogP contribution in [0.1, 0.15) is 44.1 Å². The smallest absolute Gasteiger partial charge is 0.341 e. The Morgan fingerprint density at radius 3 is 2.23 bits per heavy atom. The predicted molar refractivity (Wildman–Crippen MR) is 95.8 cm³/mol. The van der Waals surface area contributed by atoms with E-state index in [1.807, 2.05) is 0 Å². The normalized spacial score (nSPS) is 16.4. The Kier molecular flexibility index (Phi) is 7.96. The van der Waals surface area contributed by atoms with E-state index in [1.54, 1.807) is 0 Å². The van der Waals surface area contributed by atoms with Crippen molar-refractivity contribution >= 4 is 15.7 Å². The fraction of sp³-hybridized carbons (Fsp3) is 0.611. The molecule has 0 spiro atoms. The number of carbonyl (C=O) groups excluding carboxylic acids is 1. The molecular weight excluding hydrogens is 362 g/mol. The molecule has 1 amide bonds. The van der Waals surface area contributed by atoms with Crippen LogP contribution >= 0.6 is 0 Å². The molecule has 0 unspecified atom stereocenters. The highest BCUT2D eigenvalue weighted by Crippen LogP contribution is 2.19. The van der Waals surface area contributed by atoms with Crippen LogP contribution in [0.4, 0.5) is 8.78 Å². The van der Waals surface area contributed by atoms with Gasteiger partial charge in [0.05, 0.1) is 11.3 Å². The van der Waals surface area contributed by atoms with Crippen molar-refractivity contribution in [3.63, 3.8) is 0 Å². The quantitative estimate of drug-likeness (QED) is 0.530. The van der Waals surface area contributed by atoms with Crippen molar-refractivity contribution in [2.24, 2.45) is 0 Å². The second kappa shape index (κ2) is 9.97. The molecular formula is C18H26F2N2O3S. The number of halogens is 2. The molecule has 1 aliphatic carbocycles. The van der Waals surface area contributed by atoms with Crippen molar-refractivity contribution in [2.45, 2.75) is 61.6 Å². The van der Waals surface area contributed by atoms with Crippen LogP contribution in [0.15, 0.2) is 29.2 Å². The Labute approximate surface area is 153 Å². The summed E-state index contributed by atoms with van der Waals surface area (Å²) in [6.45, 7) is 1.23. The molecule has 1 aliphatic rings. The maximum Gasteiger partial charge on any atom is 0.341 e. The summed E-state index contributed by atoms with van der Waals surface area (Å²) in [5.41, 5.74) is 0.576. The van der Waals surface area contributed by atoms with Crippen molar-refractivity contribution < 1.29 is 22.0 Å². The number of hydrogen-bond acceptors (Lipinski definition) is 4. The van der Waals surface area contributed by atoms with Crippen LogP contribution in [0.2, 0.25) is 0 Å². The largest absolute Gasteiger partial charge is 0.355 e. The van der Waals surface area contributed by atoms with Gasteiger partial charge in [0.2, 0.25) is 15.7 Å². The van der Waals surface area contributed by atoms with E-state index < -0.39 is 20.5 Å². The molecule has 0 bridgehead atoms. The molecule has 0 heterocycles. The highest BCUT2D eigenvalue weighted by Gasteiger charge is 2.26. The van der Waals surface area contributed by atoms with Crippen LogP contribution in [0, 0.1) is 0 Å². The van der Waals surface area contributed by atoms with E-state index in [0.29, 0.717) is 24.7 Å². The molecule has 2 N–H and O–H groups in total. The lowest BCUT2D eigenvalue weighted by molar-refractivity contribution is -0.120. The molecule has 8 heteroatoms. The van der Waals surface area contributed by atoms with Crippen molar-refractivity contribution in [3.8, 4) is 0 Å². The summed E-state index contributed by atoms with van der Waals surface area (Å²) in [5.74, 6) is -3.63. The Bertz CT molecular complexity index is 670. The molecule has 1 aromatic rings. The Balaban J connectivity index is 1.72. The molecule has 5 nitrogen and oxygen atoms in total. The van der Waals surface area contributed by atoms with Crippen LogP contribution in [-0.2, 0) is 21.1 Å². The van der Waals surface area contributed by atoms with Gasteiger partial charge >= 0.3 is 5.76 Å². The molecule has 0 aromatic heterocycles. The summed E-state index contributed by atoms with van der Waals surface area (Å²) in [4.78, 5) is 11.5. The van der Waals surface area contributed by atoms with Crippen LogP contribution < -0.4 is 10.6 Å². The maximum absolute atomic E-state index is 12.5. The van der Waals surface area contributed by atoms with Crippen molar-refractivity contribution in [3.05, 3.63) is 29.8 Å². The molecule has 26 heavy (non-hydrogen) atoms. The van der Waals surface area contributed by atoms with E-state index in [4.69, 9.17) is 0 Å². The van der Waals surface area contributed by atoms with Gasteiger partial charge in [-0.2, -0.15) is 8.78 Å². The average Bonchev–Trinajstić information content (AvgIpc) is 2.88. The van der Waals surface area contributed by atoms with Gasteiger partial charge < -0.3 is 10.6 Å². The molecule has 0 saturated heterocycles. The zero-order chi connectivity index (χ0) is 19.0. The Hall–Kier alpha value is -1.54. The third kappa shape index (κ3) is 6.32. The number of amides is 1. The van der Waals surface area contributed by atoms with Crippen LogP contribution in [0.25, 0.3) is 0 Å². The summed E-state index contributed by atoms with van der Waals surface area (Å²) in [6.07, 6.45) is 7.54. The lowest BCUT2D eigenvalue weighted by Crippen LogP contribution is -2.37. The van der Waals surface area contributed by atoms with Crippen LogP contribution in [0.3, 0.4) is 0 Å².